The lowest BCUT2D eigenvalue weighted by molar-refractivity contribution is -0.466. The lowest BCUT2D eigenvalue weighted by Crippen LogP contribution is -2.23. The van der Waals surface area contributed by atoms with Gasteiger partial charge in [-0.1, -0.05) is 36.3 Å². The molecule has 3 rings (SSSR count). The molecular formula is C21H26N5O3+. The highest BCUT2D eigenvalue weighted by atomic mass is 16.6. The van der Waals surface area contributed by atoms with Gasteiger partial charge >= 0.3 is 6.03 Å². The number of nitrogens with zero attached hydrogens (tertiary/aromatic N) is 3. The first-order chi connectivity index (χ1) is 14.0. The third-order valence-corrected chi connectivity index (χ3v) is 4.91. The van der Waals surface area contributed by atoms with E-state index in [1.807, 2.05) is 50.2 Å². The van der Waals surface area contributed by atoms with Crippen LogP contribution in [0.15, 0.2) is 46.8 Å². The summed E-state index contributed by atoms with van der Waals surface area (Å²) in [5.41, 5.74) is 5.56. The van der Waals surface area contributed by atoms with Gasteiger partial charge in [-0.2, -0.15) is 0 Å². The Labute approximate surface area is 170 Å². The number of hydrogen-bond acceptors (Lipinski definition) is 5. The third-order valence-electron chi connectivity index (χ3n) is 4.91. The molecule has 8 heteroatoms. The molecule has 152 valence electrons. The average molecular weight is 396 g/mol. The Morgan fingerprint density at radius 2 is 2.10 bits per heavy atom. The topological polar surface area (TPSA) is 101 Å². The molecular weight excluding hydrogens is 370 g/mol. The van der Waals surface area contributed by atoms with Gasteiger partial charge in [-0.3, -0.25) is 0 Å². The number of carbonyl (C=O) groups is 1. The zero-order chi connectivity index (χ0) is 20.8. The average Bonchev–Trinajstić information content (AvgIpc) is 3.22. The van der Waals surface area contributed by atoms with Crippen LogP contribution in [0.2, 0.25) is 0 Å². The predicted octanol–water partition coefficient (Wildman–Crippen LogP) is 3.62. The molecule has 0 saturated heterocycles. The predicted molar refractivity (Wildman–Crippen MR) is 110 cm³/mol. The Kier molecular flexibility index (Phi) is 6.43. The van der Waals surface area contributed by atoms with Crippen molar-refractivity contribution in [1.29, 1.82) is 0 Å². The van der Waals surface area contributed by atoms with E-state index in [1.165, 1.54) is 7.05 Å². The van der Waals surface area contributed by atoms with Crippen LogP contribution in [-0.2, 0) is 24.3 Å². The summed E-state index contributed by atoms with van der Waals surface area (Å²) in [5, 5.41) is 10.5. The fourth-order valence-corrected chi connectivity index (χ4v) is 3.31. The van der Waals surface area contributed by atoms with E-state index in [4.69, 9.17) is 15.4 Å². The van der Waals surface area contributed by atoms with Crippen LogP contribution in [-0.4, -0.2) is 30.1 Å². The largest absolute Gasteiger partial charge is 0.493 e. The second-order valence-corrected chi connectivity index (χ2v) is 6.70. The second-order valence-electron chi connectivity index (χ2n) is 6.70. The van der Waals surface area contributed by atoms with E-state index in [0.717, 1.165) is 51.3 Å². The Balaban J connectivity index is 1.79. The molecule has 0 unspecified atom stereocenters. The quantitative estimate of drug-likeness (QED) is 0.256. The van der Waals surface area contributed by atoms with Gasteiger partial charge in [0.15, 0.2) is 0 Å². The van der Waals surface area contributed by atoms with E-state index in [9.17, 15) is 4.79 Å². The van der Waals surface area contributed by atoms with E-state index in [2.05, 4.69) is 15.7 Å². The number of nitrogens with two attached hydrogens (primary N) is 1. The molecule has 1 aliphatic heterocycles. The molecule has 0 atom stereocenters. The SMILES string of the molecule is CCc1cccc(NC(=O)/[N+](C)=N\N)c1CO/N=C(/C)c1cccc2c1CCO2. The van der Waals surface area contributed by atoms with Gasteiger partial charge in [-0.25, -0.2) is 16.0 Å². The van der Waals surface area contributed by atoms with E-state index in [0.29, 0.717) is 12.3 Å². The second kappa shape index (κ2) is 9.18. The molecule has 2 amide bonds. The highest BCUT2D eigenvalue weighted by Gasteiger charge is 2.18. The number of oxime groups is 1. The van der Waals surface area contributed by atoms with Crippen molar-refractivity contribution in [3.05, 3.63) is 58.7 Å². The summed E-state index contributed by atoms with van der Waals surface area (Å²) < 4.78 is 6.65. The molecule has 0 saturated carbocycles. The van der Waals surface area contributed by atoms with Crippen LogP contribution in [0.3, 0.4) is 0 Å². The molecule has 2 aromatic carbocycles. The highest BCUT2D eigenvalue weighted by Crippen LogP contribution is 2.29. The minimum atomic E-state index is -0.429. The fourth-order valence-electron chi connectivity index (χ4n) is 3.31. The Hall–Kier alpha value is -3.42. The van der Waals surface area contributed by atoms with Crippen molar-refractivity contribution < 1.29 is 19.1 Å². The smallest absolute Gasteiger partial charge is 0.459 e. The first-order valence-corrected chi connectivity index (χ1v) is 9.53. The Morgan fingerprint density at radius 3 is 2.86 bits per heavy atom. The number of nitrogens with one attached hydrogen (secondary N) is 1. The van der Waals surface area contributed by atoms with Crippen LogP contribution in [0.5, 0.6) is 5.75 Å². The molecule has 0 aliphatic carbocycles. The molecule has 0 radical (unpaired) electrons. The van der Waals surface area contributed by atoms with Crippen LogP contribution < -0.4 is 15.9 Å². The number of fused-ring (bicyclic) bond motifs is 1. The van der Waals surface area contributed by atoms with Gasteiger partial charge in [0, 0.05) is 28.3 Å². The van der Waals surface area contributed by atoms with Crippen molar-refractivity contribution in [3.8, 4) is 5.75 Å². The molecule has 0 spiro atoms. The van der Waals surface area contributed by atoms with Crippen LogP contribution in [0.1, 0.15) is 36.1 Å². The van der Waals surface area contributed by atoms with E-state index < -0.39 is 6.03 Å². The van der Waals surface area contributed by atoms with Gasteiger partial charge in [-0.05, 0) is 31.0 Å². The molecule has 1 heterocycles. The first-order valence-electron chi connectivity index (χ1n) is 9.53. The monoisotopic (exact) mass is 396 g/mol. The molecule has 3 N–H and O–H groups in total. The summed E-state index contributed by atoms with van der Waals surface area (Å²) >= 11 is 0. The number of benzene rings is 2. The summed E-state index contributed by atoms with van der Waals surface area (Å²) in [6.45, 7) is 4.89. The highest BCUT2D eigenvalue weighted by molar-refractivity contribution is 6.00. The summed E-state index contributed by atoms with van der Waals surface area (Å²) in [6.07, 6.45) is 1.67. The Morgan fingerprint density at radius 1 is 1.31 bits per heavy atom. The van der Waals surface area contributed by atoms with Crippen LogP contribution in [0.25, 0.3) is 0 Å². The number of anilines is 1. The minimum Gasteiger partial charge on any atom is -0.493 e. The van der Waals surface area contributed by atoms with E-state index in [1.54, 1.807) is 0 Å². The maximum atomic E-state index is 12.1. The minimum absolute atomic E-state index is 0.228. The molecule has 0 bridgehead atoms. The van der Waals surface area contributed by atoms with Gasteiger partial charge in [0.2, 0.25) is 0 Å². The number of urea groups is 1. The van der Waals surface area contributed by atoms with Gasteiger partial charge in [0.25, 0.3) is 0 Å². The van der Waals surface area contributed by atoms with Crippen molar-refractivity contribution in [3.63, 3.8) is 0 Å². The fraction of sp³-hybridized carbons (Fsp3) is 0.333. The summed E-state index contributed by atoms with van der Waals surface area (Å²) in [7, 11) is 1.48. The zero-order valence-electron chi connectivity index (χ0n) is 16.9. The number of hydrogen-bond donors (Lipinski definition) is 2. The standard InChI is InChI=1S/C21H25N5O3/c1-4-15-7-5-9-19(23-21(27)26(3)25-22)18(15)13-29-24-14(2)16-8-6-10-20-17(16)11-12-28-20/h5-10,22H,4,11-13H2,1-3H3,(H,23,27)/p+1/b24-14-. The molecule has 2 aromatic rings. The normalized spacial score (nSPS) is 13.6. The maximum Gasteiger partial charge on any atom is 0.459 e. The van der Waals surface area contributed by atoms with Gasteiger partial charge < -0.3 is 9.57 Å². The van der Waals surface area contributed by atoms with E-state index >= 15 is 0 Å². The number of rotatable bonds is 6. The van der Waals surface area contributed by atoms with Crippen molar-refractivity contribution in [2.45, 2.75) is 33.3 Å². The third kappa shape index (κ3) is 4.53. The molecule has 8 nitrogen and oxygen atoms in total. The van der Waals surface area contributed by atoms with Crippen LogP contribution >= 0.6 is 0 Å². The number of amides is 2. The first kappa shape index (κ1) is 20.3. The lowest BCUT2D eigenvalue weighted by atomic mass is 10.0. The van der Waals surface area contributed by atoms with Crippen molar-refractivity contribution in [2.75, 3.05) is 19.0 Å². The lowest BCUT2D eigenvalue weighted by Gasteiger charge is -2.12. The number of carbonyl (C=O) groups excluding carboxylic acids is 1. The van der Waals surface area contributed by atoms with Crippen molar-refractivity contribution in [1.82, 2.24) is 0 Å². The van der Waals surface area contributed by atoms with Crippen molar-refractivity contribution >= 4 is 17.4 Å². The molecule has 1 aliphatic rings. The number of aryl methyl sites for hydroxylation is 1. The zero-order valence-corrected chi connectivity index (χ0v) is 16.9. The molecule has 0 aromatic heterocycles. The molecule has 0 fully saturated rings. The van der Waals surface area contributed by atoms with Crippen LogP contribution in [0.4, 0.5) is 10.5 Å². The summed E-state index contributed by atoms with van der Waals surface area (Å²) in [4.78, 5) is 17.8. The maximum absolute atomic E-state index is 12.1. The summed E-state index contributed by atoms with van der Waals surface area (Å²) in [5.74, 6) is 6.08. The van der Waals surface area contributed by atoms with Crippen molar-refractivity contribution in [2.24, 2.45) is 16.2 Å². The molecule has 29 heavy (non-hydrogen) atoms. The van der Waals surface area contributed by atoms with Gasteiger partial charge in [-0.15, -0.1) is 4.70 Å². The number of ether oxygens (including phenoxy) is 1. The van der Waals surface area contributed by atoms with Gasteiger partial charge in [0.05, 0.1) is 19.4 Å². The summed E-state index contributed by atoms with van der Waals surface area (Å²) in [6, 6.07) is 11.2. The Bertz CT molecular complexity index is 969. The van der Waals surface area contributed by atoms with Crippen LogP contribution in [0, 0.1) is 0 Å². The van der Waals surface area contributed by atoms with Gasteiger partial charge in [0.1, 0.15) is 18.0 Å². The van der Waals surface area contributed by atoms with E-state index in [-0.39, 0.29) is 6.61 Å².